The maximum Gasteiger partial charge on any atom is 0.390 e. The van der Waals surface area contributed by atoms with Crippen molar-refractivity contribution in [1.82, 2.24) is 29.6 Å². The topological polar surface area (TPSA) is 133 Å². The summed E-state index contributed by atoms with van der Waals surface area (Å²) < 4.78 is 83.7. The maximum atomic E-state index is 14.0. The van der Waals surface area contributed by atoms with Crippen LogP contribution >= 0.6 is 0 Å². The van der Waals surface area contributed by atoms with Gasteiger partial charge in [0, 0.05) is 24.6 Å². The third-order valence-corrected chi connectivity index (χ3v) is 7.88. The Kier molecular flexibility index (Phi) is 8.11. The number of aryl methyl sites for hydroxylation is 1. The Morgan fingerprint density at radius 1 is 1.25 bits per heavy atom. The van der Waals surface area contributed by atoms with E-state index in [1.165, 1.54) is 16.9 Å². The van der Waals surface area contributed by atoms with E-state index < -0.39 is 71.4 Å². The number of nitrogens with two attached hydrogens (primary N) is 1. The number of aromatic nitrogens is 6. The summed E-state index contributed by atoms with van der Waals surface area (Å²) in [6.45, 7) is 4.70. The Bertz CT molecular complexity index is 1430. The highest BCUT2D eigenvalue weighted by molar-refractivity contribution is 7.85. The molecular formula is C24H29F5N8O2S. The number of hydrogen-bond acceptors (Lipinski definition) is 6. The van der Waals surface area contributed by atoms with Crippen LogP contribution in [0.4, 0.5) is 22.0 Å². The Morgan fingerprint density at radius 3 is 2.52 bits per heavy atom. The van der Waals surface area contributed by atoms with Crippen molar-refractivity contribution < 1.29 is 31.0 Å². The highest BCUT2D eigenvalue weighted by Gasteiger charge is 2.42. The Balaban J connectivity index is 1.75. The SMILES string of the molecule is CC(C)(C)[S@](=O)/N=C/c1cnn2cc([C@@H](c3nn(CCC(F)(F)F)nc3C(N)=O)C3CCC(F)(F)CC3)nc2c1. The standard InChI is InChI=1S/C24H29F5N8O2S/c1-22(2,3)40(39)32-12-14-10-17-33-16(13-36(17)31-11-14)18(15-4-6-23(25,26)7-5-15)19-20(21(30)38)35-37(34-19)9-8-24(27,28)29/h10-13,15,18H,4-9H2,1-3H3,(H2,30,38)/b32-12+/t18-,40-/m0/s1. The number of carbonyl (C=O) groups is 1. The van der Waals surface area contributed by atoms with Gasteiger partial charge in [0.2, 0.25) is 5.92 Å². The molecule has 3 aromatic heterocycles. The van der Waals surface area contributed by atoms with Crippen LogP contribution in [0.25, 0.3) is 5.65 Å². The first-order valence-corrected chi connectivity index (χ1v) is 13.6. The lowest BCUT2D eigenvalue weighted by Gasteiger charge is -2.32. The van der Waals surface area contributed by atoms with Gasteiger partial charge in [0.15, 0.2) is 11.3 Å². The van der Waals surface area contributed by atoms with Gasteiger partial charge < -0.3 is 5.73 Å². The minimum Gasteiger partial charge on any atom is -0.364 e. The van der Waals surface area contributed by atoms with Crippen LogP contribution in [0.15, 0.2) is 22.9 Å². The van der Waals surface area contributed by atoms with Crippen LogP contribution in [-0.4, -0.2) is 62.8 Å². The molecule has 40 heavy (non-hydrogen) atoms. The molecular weight excluding hydrogens is 559 g/mol. The molecule has 4 rings (SSSR count). The predicted molar refractivity (Wildman–Crippen MR) is 136 cm³/mol. The molecule has 0 saturated heterocycles. The lowest BCUT2D eigenvalue weighted by atomic mass is 9.75. The van der Waals surface area contributed by atoms with Crippen LogP contribution in [0, 0.1) is 5.92 Å². The zero-order valence-corrected chi connectivity index (χ0v) is 22.8. The lowest BCUT2D eigenvalue weighted by molar-refractivity contribution is -0.137. The van der Waals surface area contributed by atoms with Crippen LogP contribution in [-0.2, 0) is 17.5 Å². The minimum atomic E-state index is -4.48. The summed E-state index contributed by atoms with van der Waals surface area (Å²) in [5, 5.41) is 12.4. The number of nitrogens with zero attached hydrogens (tertiary/aromatic N) is 7. The highest BCUT2D eigenvalue weighted by atomic mass is 32.2. The van der Waals surface area contributed by atoms with Crippen molar-refractivity contribution in [1.29, 1.82) is 0 Å². The van der Waals surface area contributed by atoms with Gasteiger partial charge in [0.05, 0.1) is 41.7 Å². The number of rotatable bonds is 8. The summed E-state index contributed by atoms with van der Waals surface area (Å²) >= 11 is 0. The van der Waals surface area contributed by atoms with Gasteiger partial charge >= 0.3 is 6.18 Å². The third-order valence-electron chi connectivity index (χ3n) is 6.54. The molecule has 16 heteroatoms. The zero-order chi connectivity index (χ0) is 29.5. The first-order valence-electron chi connectivity index (χ1n) is 12.5. The van der Waals surface area contributed by atoms with Crippen LogP contribution in [0.2, 0.25) is 0 Å². The fourth-order valence-corrected chi connectivity index (χ4v) is 5.00. The van der Waals surface area contributed by atoms with Gasteiger partial charge in [0.1, 0.15) is 16.7 Å². The van der Waals surface area contributed by atoms with Gasteiger partial charge in [-0.25, -0.2) is 22.5 Å². The molecule has 0 aromatic carbocycles. The molecule has 218 valence electrons. The first kappa shape index (κ1) is 29.7. The first-order chi connectivity index (χ1) is 18.5. The summed E-state index contributed by atoms with van der Waals surface area (Å²) in [6.07, 6.45) is -1.99. The van der Waals surface area contributed by atoms with Gasteiger partial charge in [0.25, 0.3) is 5.91 Å². The molecule has 1 fully saturated rings. The number of primary amides is 1. The van der Waals surface area contributed by atoms with Crippen molar-refractivity contribution in [2.24, 2.45) is 16.0 Å². The Morgan fingerprint density at radius 2 is 1.93 bits per heavy atom. The number of alkyl halides is 5. The second-order valence-electron chi connectivity index (χ2n) is 10.8. The summed E-state index contributed by atoms with van der Waals surface area (Å²) in [7, 11) is -1.50. The molecule has 0 unspecified atom stereocenters. The van der Waals surface area contributed by atoms with Crippen molar-refractivity contribution in [3.8, 4) is 0 Å². The molecule has 0 aliphatic heterocycles. The Labute approximate surface area is 228 Å². The van der Waals surface area contributed by atoms with Gasteiger partial charge in [-0.05, 0) is 45.6 Å². The second kappa shape index (κ2) is 10.9. The van der Waals surface area contributed by atoms with Crippen LogP contribution in [0.3, 0.4) is 0 Å². The van der Waals surface area contributed by atoms with E-state index in [9.17, 15) is 31.0 Å². The van der Waals surface area contributed by atoms with Gasteiger partial charge in [-0.15, -0.1) is 5.10 Å². The largest absolute Gasteiger partial charge is 0.390 e. The molecule has 0 bridgehead atoms. The number of carbonyl (C=O) groups excluding carboxylic acids is 1. The molecule has 2 N–H and O–H groups in total. The molecule has 0 radical (unpaired) electrons. The molecule has 1 saturated carbocycles. The lowest BCUT2D eigenvalue weighted by Crippen LogP contribution is -2.29. The molecule has 0 spiro atoms. The van der Waals surface area contributed by atoms with Crippen molar-refractivity contribution in [2.45, 2.75) is 82.2 Å². The van der Waals surface area contributed by atoms with E-state index in [1.807, 2.05) is 0 Å². The van der Waals surface area contributed by atoms with E-state index in [0.717, 1.165) is 4.80 Å². The van der Waals surface area contributed by atoms with Crippen LogP contribution in [0.1, 0.15) is 86.2 Å². The summed E-state index contributed by atoms with van der Waals surface area (Å²) in [6, 6.07) is 1.63. The monoisotopic (exact) mass is 588 g/mol. The summed E-state index contributed by atoms with van der Waals surface area (Å²) in [5.41, 5.74) is 6.32. The third kappa shape index (κ3) is 7.06. The number of amides is 1. The van der Waals surface area contributed by atoms with E-state index in [1.54, 1.807) is 33.0 Å². The van der Waals surface area contributed by atoms with Crippen molar-refractivity contribution in [2.75, 3.05) is 0 Å². The molecule has 1 amide bonds. The van der Waals surface area contributed by atoms with Crippen LogP contribution in [0.5, 0.6) is 0 Å². The van der Waals surface area contributed by atoms with Crippen molar-refractivity contribution >= 4 is 28.8 Å². The van der Waals surface area contributed by atoms with Gasteiger partial charge in [-0.2, -0.15) is 32.6 Å². The molecule has 10 nitrogen and oxygen atoms in total. The highest BCUT2D eigenvalue weighted by Crippen LogP contribution is 2.45. The number of hydrogen-bond donors (Lipinski definition) is 1. The number of imidazole rings is 1. The fourth-order valence-electron chi connectivity index (χ4n) is 4.47. The molecule has 1 aliphatic carbocycles. The van der Waals surface area contributed by atoms with Crippen molar-refractivity contribution in [3.63, 3.8) is 0 Å². The van der Waals surface area contributed by atoms with Crippen LogP contribution < -0.4 is 5.73 Å². The van der Waals surface area contributed by atoms with Gasteiger partial charge in [-0.3, -0.25) is 4.79 Å². The molecule has 2 atom stereocenters. The van der Waals surface area contributed by atoms with Gasteiger partial charge in [-0.1, -0.05) is 0 Å². The smallest absolute Gasteiger partial charge is 0.364 e. The predicted octanol–water partition coefficient (Wildman–Crippen LogP) is 4.21. The zero-order valence-electron chi connectivity index (χ0n) is 22.0. The average molecular weight is 589 g/mol. The normalized spacial score (nSPS) is 18.4. The number of fused-ring (bicyclic) bond motifs is 1. The second-order valence-corrected chi connectivity index (χ2v) is 12.7. The molecule has 1 aliphatic rings. The van der Waals surface area contributed by atoms with E-state index in [-0.39, 0.29) is 24.2 Å². The fraction of sp³-hybridized carbons (Fsp3) is 0.583. The molecule has 3 aromatic rings. The quantitative estimate of drug-likeness (QED) is 0.310. The van der Waals surface area contributed by atoms with E-state index >= 15 is 0 Å². The molecule has 3 heterocycles. The average Bonchev–Trinajstić information content (AvgIpc) is 3.45. The minimum absolute atomic E-state index is 0.0179. The van der Waals surface area contributed by atoms with E-state index in [2.05, 4.69) is 24.7 Å². The summed E-state index contributed by atoms with van der Waals surface area (Å²) in [5.74, 6) is -5.18. The summed E-state index contributed by atoms with van der Waals surface area (Å²) in [4.78, 5) is 17.6. The van der Waals surface area contributed by atoms with E-state index in [4.69, 9.17) is 5.73 Å². The number of halogens is 5. The van der Waals surface area contributed by atoms with Crippen molar-refractivity contribution in [3.05, 3.63) is 41.1 Å². The van der Waals surface area contributed by atoms with E-state index in [0.29, 0.717) is 16.9 Å². The maximum absolute atomic E-state index is 14.0. The Hall–Kier alpha value is -3.30.